The molecule has 1 aromatic carbocycles. The van der Waals surface area contributed by atoms with E-state index in [-0.39, 0.29) is 11.1 Å². The maximum atomic E-state index is 13.3. The molecule has 0 atom stereocenters. The molecule has 2 aliphatic rings. The first-order valence-electron chi connectivity index (χ1n) is 11.4. The number of thioether (sulfide) groups is 1. The number of morpholine rings is 1. The SMILES string of the molecule is O=C(NCCN1CCOCC1)c1ccc(CSc2nc(N3CCCC3)cc(C(F)(F)F)n2)cc1. The fourth-order valence-electron chi connectivity index (χ4n) is 3.89. The second kappa shape index (κ2) is 11.4. The number of alkyl halides is 3. The molecule has 3 heterocycles. The van der Waals surface area contributed by atoms with Gasteiger partial charge in [-0.2, -0.15) is 13.2 Å². The largest absolute Gasteiger partial charge is 0.433 e. The summed E-state index contributed by atoms with van der Waals surface area (Å²) < 4.78 is 45.4. The van der Waals surface area contributed by atoms with Gasteiger partial charge in [0.2, 0.25) is 0 Å². The van der Waals surface area contributed by atoms with Gasteiger partial charge in [0.05, 0.1) is 13.2 Å². The maximum absolute atomic E-state index is 13.3. The Morgan fingerprint density at radius 2 is 1.76 bits per heavy atom. The van der Waals surface area contributed by atoms with Gasteiger partial charge in [-0.15, -0.1) is 0 Å². The van der Waals surface area contributed by atoms with Crippen LogP contribution in [0.3, 0.4) is 0 Å². The van der Waals surface area contributed by atoms with Crippen LogP contribution in [0.1, 0.15) is 34.5 Å². The van der Waals surface area contributed by atoms with Crippen LogP contribution < -0.4 is 10.2 Å². The second-order valence-corrected chi connectivity index (χ2v) is 9.22. The van der Waals surface area contributed by atoms with Crippen molar-refractivity contribution in [2.75, 3.05) is 57.4 Å². The van der Waals surface area contributed by atoms with E-state index in [9.17, 15) is 18.0 Å². The van der Waals surface area contributed by atoms with E-state index in [0.29, 0.717) is 36.8 Å². The lowest BCUT2D eigenvalue weighted by molar-refractivity contribution is -0.141. The van der Waals surface area contributed by atoms with Crippen LogP contribution in [0, 0.1) is 0 Å². The number of rotatable bonds is 8. The summed E-state index contributed by atoms with van der Waals surface area (Å²) in [5, 5.41) is 3.02. The number of hydrogen-bond donors (Lipinski definition) is 1. The third-order valence-corrected chi connectivity index (χ3v) is 6.73. The molecule has 34 heavy (non-hydrogen) atoms. The Hall–Kier alpha value is -2.37. The average molecular weight is 496 g/mol. The van der Waals surface area contributed by atoms with Crippen LogP contribution in [0.2, 0.25) is 0 Å². The van der Waals surface area contributed by atoms with Crippen molar-refractivity contribution in [3.8, 4) is 0 Å². The van der Waals surface area contributed by atoms with Crippen LogP contribution in [0.5, 0.6) is 0 Å². The van der Waals surface area contributed by atoms with E-state index in [1.807, 2.05) is 4.90 Å². The number of halogens is 3. The topological polar surface area (TPSA) is 70.6 Å². The molecule has 184 valence electrons. The van der Waals surface area contributed by atoms with E-state index >= 15 is 0 Å². The molecular formula is C23H28F3N5O2S. The first-order valence-corrected chi connectivity index (χ1v) is 12.4. The monoisotopic (exact) mass is 495 g/mol. The summed E-state index contributed by atoms with van der Waals surface area (Å²) in [5.74, 6) is 0.579. The van der Waals surface area contributed by atoms with Crippen molar-refractivity contribution in [2.45, 2.75) is 29.9 Å². The first kappa shape index (κ1) is 24.7. The molecule has 0 saturated carbocycles. The van der Waals surface area contributed by atoms with Crippen LogP contribution in [0.4, 0.5) is 19.0 Å². The lowest BCUT2D eigenvalue weighted by atomic mass is 10.1. The summed E-state index contributed by atoms with van der Waals surface area (Å²) >= 11 is 1.16. The fraction of sp³-hybridized carbons (Fsp3) is 0.522. The summed E-state index contributed by atoms with van der Waals surface area (Å²) in [4.78, 5) is 24.6. The maximum Gasteiger partial charge on any atom is 0.433 e. The predicted molar refractivity (Wildman–Crippen MR) is 124 cm³/mol. The van der Waals surface area contributed by atoms with Crippen molar-refractivity contribution >= 4 is 23.5 Å². The van der Waals surface area contributed by atoms with Crippen LogP contribution in [-0.4, -0.2) is 73.3 Å². The minimum Gasteiger partial charge on any atom is -0.379 e. The highest BCUT2D eigenvalue weighted by atomic mass is 32.2. The standard InChI is InChI=1S/C23H28F3N5O2S/c24-23(25,26)19-15-20(31-8-1-2-9-31)29-22(28-19)34-16-17-3-5-18(6-4-17)21(32)27-7-10-30-11-13-33-14-12-30/h3-6,15H,1-2,7-14,16H2,(H,27,32). The van der Waals surface area contributed by atoms with Crippen molar-refractivity contribution in [2.24, 2.45) is 0 Å². The minimum atomic E-state index is -4.52. The zero-order chi connectivity index (χ0) is 24.0. The zero-order valence-corrected chi connectivity index (χ0v) is 19.6. The van der Waals surface area contributed by atoms with Crippen LogP contribution in [-0.2, 0) is 16.7 Å². The minimum absolute atomic E-state index is 0.0988. The van der Waals surface area contributed by atoms with E-state index in [2.05, 4.69) is 20.2 Å². The molecular weight excluding hydrogens is 467 g/mol. The Morgan fingerprint density at radius 1 is 1.06 bits per heavy atom. The molecule has 7 nitrogen and oxygen atoms in total. The molecule has 1 N–H and O–H groups in total. The van der Waals surface area contributed by atoms with Crippen molar-refractivity contribution in [1.82, 2.24) is 20.2 Å². The molecule has 0 spiro atoms. The third kappa shape index (κ3) is 6.83. The van der Waals surface area contributed by atoms with Gasteiger partial charge in [0.15, 0.2) is 10.9 Å². The van der Waals surface area contributed by atoms with Crippen LogP contribution >= 0.6 is 11.8 Å². The van der Waals surface area contributed by atoms with E-state index in [4.69, 9.17) is 4.74 Å². The summed E-state index contributed by atoms with van der Waals surface area (Å²) in [7, 11) is 0. The number of hydrogen-bond acceptors (Lipinski definition) is 7. The molecule has 2 aliphatic heterocycles. The number of ether oxygens (including phenoxy) is 1. The Balaban J connectivity index is 1.32. The van der Waals surface area contributed by atoms with Gasteiger partial charge in [0, 0.05) is 56.7 Å². The summed E-state index contributed by atoms with van der Waals surface area (Å²) in [5.41, 5.74) is 0.497. The number of amides is 1. The van der Waals surface area contributed by atoms with Crippen LogP contribution in [0.15, 0.2) is 35.5 Å². The Morgan fingerprint density at radius 3 is 2.44 bits per heavy atom. The number of carbonyl (C=O) groups is 1. The molecule has 2 aromatic rings. The van der Waals surface area contributed by atoms with Crippen LogP contribution in [0.25, 0.3) is 0 Å². The van der Waals surface area contributed by atoms with Gasteiger partial charge < -0.3 is 15.0 Å². The number of nitrogens with one attached hydrogen (secondary N) is 1. The molecule has 1 amide bonds. The third-order valence-electron chi connectivity index (χ3n) is 5.81. The summed E-state index contributed by atoms with van der Waals surface area (Å²) in [6, 6.07) is 8.09. The predicted octanol–water partition coefficient (Wildman–Crippen LogP) is 3.45. The van der Waals surface area contributed by atoms with E-state index in [1.165, 1.54) is 0 Å². The highest BCUT2D eigenvalue weighted by Gasteiger charge is 2.34. The quantitative estimate of drug-likeness (QED) is 0.444. The van der Waals surface area contributed by atoms with Crippen molar-refractivity contribution in [3.05, 3.63) is 47.2 Å². The molecule has 0 unspecified atom stereocenters. The van der Waals surface area contributed by atoms with E-state index in [0.717, 1.165) is 69.1 Å². The Bertz CT molecular complexity index is 962. The van der Waals surface area contributed by atoms with Gasteiger partial charge in [-0.25, -0.2) is 9.97 Å². The highest BCUT2D eigenvalue weighted by Crippen LogP contribution is 2.33. The normalized spacial score (nSPS) is 17.2. The molecule has 0 bridgehead atoms. The molecule has 0 aliphatic carbocycles. The molecule has 4 rings (SSSR count). The average Bonchev–Trinajstić information content (AvgIpc) is 3.38. The Kier molecular flexibility index (Phi) is 8.28. The van der Waals surface area contributed by atoms with Crippen molar-refractivity contribution < 1.29 is 22.7 Å². The van der Waals surface area contributed by atoms with Gasteiger partial charge in [0.1, 0.15) is 5.82 Å². The van der Waals surface area contributed by atoms with Gasteiger partial charge in [-0.3, -0.25) is 9.69 Å². The van der Waals surface area contributed by atoms with E-state index < -0.39 is 11.9 Å². The van der Waals surface area contributed by atoms with Gasteiger partial charge in [-0.05, 0) is 30.5 Å². The first-order chi connectivity index (χ1) is 16.4. The molecule has 0 radical (unpaired) electrons. The van der Waals surface area contributed by atoms with E-state index in [1.54, 1.807) is 24.3 Å². The summed E-state index contributed by atoms with van der Waals surface area (Å²) in [6.07, 6.45) is -2.63. The molecule has 2 fully saturated rings. The number of nitrogens with zero attached hydrogens (tertiary/aromatic N) is 4. The molecule has 2 saturated heterocycles. The number of carbonyl (C=O) groups excluding carboxylic acids is 1. The lowest BCUT2D eigenvalue weighted by Crippen LogP contribution is -2.41. The zero-order valence-electron chi connectivity index (χ0n) is 18.8. The van der Waals surface area contributed by atoms with Gasteiger partial charge in [0.25, 0.3) is 5.91 Å². The second-order valence-electron chi connectivity index (χ2n) is 8.28. The van der Waals surface area contributed by atoms with Crippen molar-refractivity contribution in [1.29, 1.82) is 0 Å². The van der Waals surface area contributed by atoms with Gasteiger partial charge in [-0.1, -0.05) is 23.9 Å². The smallest absolute Gasteiger partial charge is 0.379 e. The molecule has 11 heteroatoms. The number of anilines is 1. The van der Waals surface area contributed by atoms with Gasteiger partial charge >= 0.3 is 6.18 Å². The number of aromatic nitrogens is 2. The highest BCUT2D eigenvalue weighted by molar-refractivity contribution is 7.98. The summed E-state index contributed by atoms with van der Waals surface area (Å²) in [6.45, 7) is 5.93. The lowest BCUT2D eigenvalue weighted by Gasteiger charge is -2.26. The molecule has 1 aromatic heterocycles. The fourth-order valence-corrected chi connectivity index (χ4v) is 4.69. The number of benzene rings is 1. The Labute approximate surface area is 201 Å². The van der Waals surface area contributed by atoms with Crippen molar-refractivity contribution in [3.63, 3.8) is 0 Å².